The number of hydrogen-bond donors (Lipinski definition) is 1. The van der Waals surface area contributed by atoms with E-state index in [1.165, 1.54) is 50.9 Å². The van der Waals surface area contributed by atoms with E-state index in [4.69, 9.17) is 14.7 Å². The van der Waals surface area contributed by atoms with Gasteiger partial charge in [0, 0.05) is 11.6 Å². The summed E-state index contributed by atoms with van der Waals surface area (Å²) in [6, 6.07) is 59.9. The van der Waals surface area contributed by atoms with Crippen molar-refractivity contribution >= 4 is 10.8 Å². The second kappa shape index (κ2) is 15.5. The molecule has 0 saturated carbocycles. The SMILES string of the molecule is CCCCC(CC)COc1cc(-c2cc3c(c4ccccc24)-c2ccc(-c4ccccc4)cc2C3(c2ccccc2)c2ccccc2)nc(-c2ccccc2O)n1. The Hall–Kier alpha value is -6.52. The fraction of sp³-hybridized carbons (Fsp3) is 0.170. The Morgan fingerprint density at radius 1 is 0.579 bits per heavy atom. The normalized spacial score (nSPS) is 13.2. The number of rotatable bonds is 12. The fourth-order valence-electron chi connectivity index (χ4n) is 8.89. The summed E-state index contributed by atoms with van der Waals surface area (Å²) in [6.07, 6.45) is 4.47. The first-order chi connectivity index (χ1) is 28.1. The second-order valence-corrected chi connectivity index (χ2v) is 15.2. The maximum absolute atomic E-state index is 11.1. The van der Waals surface area contributed by atoms with E-state index in [2.05, 4.69) is 153 Å². The molecule has 0 bridgehead atoms. The van der Waals surface area contributed by atoms with Crippen molar-refractivity contribution in [2.45, 2.75) is 44.9 Å². The third-order valence-electron chi connectivity index (χ3n) is 11.8. The Labute approximate surface area is 335 Å². The number of aromatic nitrogens is 2. The van der Waals surface area contributed by atoms with E-state index < -0.39 is 5.41 Å². The third kappa shape index (κ3) is 6.45. The van der Waals surface area contributed by atoms with E-state index in [1.54, 1.807) is 6.07 Å². The molecule has 1 heterocycles. The average Bonchev–Trinajstić information content (AvgIpc) is 3.57. The molecule has 0 radical (unpaired) electrons. The zero-order chi connectivity index (χ0) is 38.8. The van der Waals surface area contributed by atoms with E-state index in [1.807, 2.05) is 24.3 Å². The summed E-state index contributed by atoms with van der Waals surface area (Å²) in [5, 5.41) is 13.3. The van der Waals surface area contributed by atoms with Crippen LogP contribution in [0.5, 0.6) is 11.6 Å². The predicted molar refractivity (Wildman–Crippen MR) is 234 cm³/mol. The van der Waals surface area contributed by atoms with Gasteiger partial charge in [0.1, 0.15) is 5.75 Å². The highest BCUT2D eigenvalue weighted by Gasteiger charge is 2.47. The van der Waals surface area contributed by atoms with Crippen molar-refractivity contribution in [3.63, 3.8) is 0 Å². The summed E-state index contributed by atoms with van der Waals surface area (Å²) in [6.45, 7) is 5.03. The van der Waals surface area contributed by atoms with Crippen LogP contribution in [0.2, 0.25) is 0 Å². The van der Waals surface area contributed by atoms with E-state index in [9.17, 15) is 5.11 Å². The van der Waals surface area contributed by atoms with E-state index in [0.717, 1.165) is 41.3 Å². The van der Waals surface area contributed by atoms with Gasteiger partial charge >= 0.3 is 0 Å². The van der Waals surface area contributed by atoms with Gasteiger partial charge in [0.2, 0.25) is 5.88 Å². The Morgan fingerprint density at radius 2 is 1.23 bits per heavy atom. The molecule has 0 spiro atoms. The summed E-state index contributed by atoms with van der Waals surface area (Å²) in [5.41, 5.74) is 11.3. The van der Waals surface area contributed by atoms with Crippen molar-refractivity contribution in [2.24, 2.45) is 5.92 Å². The van der Waals surface area contributed by atoms with Crippen LogP contribution in [0.4, 0.5) is 0 Å². The van der Waals surface area contributed by atoms with Crippen molar-refractivity contribution in [1.82, 2.24) is 9.97 Å². The smallest absolute Gasteiger partial charge is 0.217 e. The maximum Gasteiger partial charge on any atom is 0.217 e. The lowest BCUT2D eigenvalue weighted by molar-refractivity contribution is 0.226. The number of nitrogens with zero attached hydrogens (tertiary/aromatic N) is 2. The van der Waals surface area contributed by atoms with Crippen molar-refractivity contribution in [3.05, 3.63) is 192 Å². The number of aromatic hydroxyl groups is 1. The Balaban J connectivity index is 1.34. The number of phenolic OH excluding ortho intramolecular Hbond substituents is 1. The minimum absolute atomic E-state index is 0.130. The minimum atomic E-state index is -0.642. The first-order valence-corrected chi connectivity index (χ1v) is 20.3. The molecule has 0 saturated heterocycles. The van der Waals surface area contributed by atoms with Gasteiger partial charge < -0.3 is 9.84 Å². The van der Waals surface area contributed by atoms with Gasteiger partial charge in [-0.1, -0.05) is 173 Å². The number of ether oxygens (including phenoxy) is 1. The number of para-hydroxylation sites is 1. The zero-order valence-corrected chi connectivity index (χ0v) is 32.5. The van der Waals surface area contributed by atoms with Crippen LogP contribution in [0.3, 0.4) is 0 Å². The molecule has 1 aliphatic carbocycles. The topological polar surface area (TPSA) is 55.2 Å². The molecule has 0 fully saturated rings. The number of unbranched alkanes of at least 4 members (excludes halogenated alkanes) is 1. The lowest BCUT2D eigenvalue weighted by Gasteiger charge is -2.34. The van der Waals surface area contributed by atoms with Crippen LogP contribution < -0.4 is 4.74 Å². The lowest BCUT2D eigenvalue weighted by atomic mass is 9.67. The molecular formula is C53H46N2O2. The highest BCUT2D eigenvalue weighted by atomic mass is 16.5. The third-order valence-corrected chi connectivity index (χ3v) is 11.8. The summed E-state index contributed by atoms with van der Waals surface area (Å²) in [4.78, 5) is 10.2. The van der Waals surface area contributed by atoms with Crippen LogP contribution >= 0.6 is 0 Å². The van der Waals surface area contributed by atoms with Gasteiger partial charge in [-0.15, -0.1) is 0 Å². The second-order valence-electron chi connectivity index (χ2n) is 15.2. The number of fused-ring (bicyclic) bond motifs is 5. The van der Waals surface area contributed by atoms with Crippen molar-refractivity contribution in [2.75, 3.05) is 6.61 Å². The molecule has 1 aromatic heterocycles. The van der Waals surface area contributed by atoms with Gasteiger partial charge in [0.25, 0.3) is 0 Å². The molecule has 7 aromatic carbocycles. The van der Waals surface area contributed by atoms with Crippen LogP contribution in [0.25, 0.3) is 55.7 Å². The first kappa shape index (κ1) is 36.1. The Kier molecular flexibility index (Phi) is 9.86. The quantitative estimate of drug-likeness (QED) is 0.135. The van der Waals surface area contributed by atoms with Crippen LogP contribution in [0.1, 0.15) is 61.8 Å². The molecule has 0 amide bonds. The van der Waals surface area contributed by atoms with Gasteiger partial charge in [-0.3, -0.25) is 0 Å². The molecule has 1 unspecified atom stereocenters. The lowest BCUT2D eigenvalue weighted by Crippen LogP contribution is -2.28. The van der Waals surface area contributed by atoms with E-state index in [0.29, 0.717) is 29.8 Å². The Bertz CT molecular complexity index is 2630. The molecule has 1 N–H and O–H groups in total. The highest BCUT2D eigenvalue weighted by Crippen LogP contribution is 2.59. The van der Waals surface area contributed by atoms with Gasteiger partial charge in [0.05, 0.1) is 23.3 Å². The molecular weight excluding hydrogens is 697 g/mol. The predicted octanol–water partition coefficient (Wildman–Crippen LogP) is 13.3. The summed E-state index contributed by atoms with van der Waals surface area (Å²) < 4.78 is 6.58. The first-order valence-electron chi connectivity index (χ1n) is 20.3. The molecule has 4 heteroatoms. The van der Waals surface area contributed by atoms with E-state index in [-0.39, 0.29) is 5.75 Å². The van der Waals surface area contributed by atoms with Gasteiger partial charge in [0.15, 0.2) is 5.82 Å². The van der Waals surface area contributed by atoms with Crippen LogP contribution in [-0.4, -0.2) is 21.7 Å². The maximum atomic E-state index is 11.1. The van der Waals surface area contributed by atoms with Crippen molar-refractivity contribution in [3.8, 4) is 56.5 Å². The van der Waals surface area contributed by atoms with E-state index >= 15 is 0 Å². The Morgan fingerprint density at radius 3 is 1.91 bits per heavy atom. The minimum Gasteiger partial charge on any atom is -0.507 e. The molecule has 57 heavy (non-hydrogen) atoms. The van der Waals surface area contributed by atoms with Crippen molar-refractivity contribution < 1.29 is 9.84 Å². The molecule has 0 aliphatic heterocycles. The van der Waals surface area contributed by atoms with Crippen LogP contribution in [0, 0.1) is 5.92 Å². The van der Waals surface area contributed by atoms with Crippen molar-refractivity contribution in [1.29, 1.82) is 0 Å². The molecule has 1 aliphatic rings. The monoisotopic (exact) mass is 742 g/mol. The summed E-state index contributed by atoms with van der Waals surface area (Å²) in [7, 11) is 0. The molecule has 9 rings (SSSR count). The molecule has 1 atom stereocenters. The highest BCUT2D eigenvalue weighted by molar-refractivity contribution is 6.10. The standard InChI is InChI=1S/C53H46N2O2/c1-3-5-19-36(4-2)35-57-50-34-48(54-52(55-50)44-28-17-18-29-49(44)56)45-33-47-51(42-27-16-15-26-41(42)45)43-31-30-38(37-20-9-6-10-21-37)32-46(43)53(47,39-22-11-7-12-23-39)40-24-13-8-14-25-40/h6-18,20-34,36,56H,3-5,19,35H2,1-2H3. The van der Waals surface area contributed by atoms with Gasteiger partial charge in [-0.05, 0) is 91.9 Å². The summed E-state index contributed by atoms with van der Waals surface area (Å²) in [5.74, 6) is 1.49. The molecule has 280 valence electrons. The summed E-state index contributed by atoms with van der Waals surface area (Å²) >= 11 is 0. The fourth-order valence-corrected chi connectivity index (χ4v) is 8.89. The molecule has 8 aromatic rings. The number of benzene rings is 7. The van der Waals surface area contributed by atoms with Gasteiger partial charge in [-0.2, -0.15) is 4.98 Å². The van der Waals surface area contributed by atoms with Gasteiger partial charge in [-0.25, -0.2) is 4.98 Å². The zero-order valence-electron chi connectivity index (χ0n) is 32.5. The van der Waals surface area contributed by atoms with Crippen LogP contribution in [0.15, 0.2) is 170 Å². The number of hydrogen-bond acceptors (Lipinski definition) is 4. The van der Waals surface area contributed by atoms with Crippen LogP contribution in [-0.2, 0) is 5.41 Å². The number of phenols is 1. The average molecular weight is 743 g/mol. The molecule has 4 nitrogen and oxygen atoms in total. The largest absolute Gasteiger partial charge is 0.507 e.